The SMILES string of the molecule is Cc1cnccc1-c1ccco1. The van der Waals surface area contributed by atoms with Crippen LogP contribution in [0, 0.1) is 6.92 Å². The average Bonchev–Trinajstić information content (AvgIpc) is 2.57. The summed E-state index contributed by atoms with van der Waals surface area (Å²) in [6.07, 6.45) is 5.28. The minimum Gasteiger partial charge on any atom is -0.464 e. The van der Waals surface area contributed by atoms with Crippen LogP contribution in [0.5, 0.6) is 0 Å². The van der Waals surface area contributed by atoms with E-state index in [1.165, 1.54) is 0 Å². The third-order valence-corrected chi connectivity index (χ3v) is 1.81. The van der Waals surface area contributed by atoms with E-state index in [1.54, 1.807) is 12.5 Å². The van der Waals surface area contributed by atoms with Gasteiger partial charge in [0.15, 0.2) is 0 Å². The summed E-state index contributed by atoms with van der Waals surface area (Å²) in [5, 5.41) is 0. The van der Waals surface area contributed by atoms with Crippen LogP contribution in [-0.2, 0) is 0 Å². The Labute approximate surface area is 70.9 Å². The predicted molar refractivity (Wildman–Crippen MR) is 46.7 cm³/mol. The normalized spacial score (nSPS) is 10.1. The smallest absolute Gasteiger partial charge is 0.134 e. The van der Waals surface area contributed by atoms with Crippen molar-refractivity contribution >= 4 is 0 Å². The van der Waals surface area contributed by atoms with E-state index < -0.39 is 0 Å². The lowest BCUT2D eigenvalue weighted by Gasteiger charge is -1.99. The van der Waals surface area contributed by atoms with E-state index in [0.717, 1.165) is 16.9 Å². The highest BCUT2D eigenvalue weighted by atomic mass is 16.3. The van der Waals surface area contributed by atoms with Gasteiger partial charge >= 0.3 is 0 Å². The molecule has 0 radical (unpaired) electrons. The quantitative estimate of drug-likeness (QED) is 0.639. The Morgan fingerprint density at radius 1 is 1.33 bits per heavy atom. The third-order valence-electron chi connectivity index (χ3n) is 1.81. The standard InChI is InChI=1S/C10H9NO/c1-8-7-11-5-4-9(8)10-3-2-6-12-10/h2-7H,1H3. The molecule has 12 heavy (non-hydrogen) atoms. The van der Waals surface area contributed by atoms with E-state index in [4.69, 9.17) is 4.42 Å². The molecule has 2 heteroatoms. The molecule has 0 fully saturated rings. The first-order chi connectivity index (χ1) is 5.88. The Bertz CT molecular complexity index is 365. The average molecular weight is 159 g/mol. The van der Waals surface area contributed by atoms with Crippen LogP contribution in [0.25, 0.3) is 11.3 Å². The summed E-state index contributed by atoms with van der Waals surface area (Å²) in [5.74, 6) is 0.898. The molecular formula is C10H9NO. The maximum Gasteiger partial charge on any atom is 0.134 e. The Kier molecular flexibility index (Phi) is 1.67. The summed E-state index contributed by atoms with van der Waals surface area (Å²) in [6.45, 7) is 2.02. The highest BCUT2D eigenvalue weighted by Crippen LogP contribution is 2.21. The zero-order valence-electron chi connectivity index (χ0n) is 6.82. The highest BCUT2D eigenvalue weighted by Gasteiger charge is 2.02. The lowest BCUT2D eigenvalue weighted by atomic mass is 10.1. The second-order valence-electron chi connectivity index (χ2n) is 2.67. The Morgan fingerprint density at radius 2 is 2.25 bits per heavy atom. The molecule has 2 aromatic heterocycles. The van der Waals surface area contributed by atoms with Gasteiger partial charge in [-0.2, -0.15) is 0 Å². The van der Waals surface area contributed by atoms with Crippen LogP contribution in [0.4, 0.5) is 0 Å². The molecule has 0 aliphatic heterocycles. The number of rotatable bonds is 1. The summed E-state index contributed by atoms with van der Waals surface area (Å²) in [5.41, 5.74) is 2.24. The van der Waals surface area contributed by atoms with Crippen LogP contribution < -0.4 is 0 Å². The number of pyridine rings is 1. The lowest BCUT2D eigenvalue weighted by molar-refractivity contribution is 0.582. The van der Waals surface area contributed by atoms with E-state index >= 15 is 0 Å². The number of furan rings is 1. The molecule has 2 heterocycles. The molecule has 0 atom stereocenters. The maximum absolute atomic E-state index is 5.27. The highest BCUT2D eigenvalue weighted by molar-refractivity contribution is 5.60. The number of aryl methyl sites for hydroxylation is 1. The van der Waals surface area contributed by atoms with Gasteiger partial charge in [0.05, 0.1) is 6.26 Å². The van der Waals surface area contributed by atoms with Crippen LogP contribution in [0.15, 0.2) is 41.3 Å². The molecule has 0 aliphatic rings. The van der Waals surface area contributed by atoms with Crippen molar-refractivity contribution in [1.29, 1.82) is 0 Å². The molecular weight excluding hydrogens is 150 g/mol. The molecule has 0 aromatic carbocycles. The van der Waals surface area contributed by atoms with Crippen molar-refractivity contribution in [2.24, 2.45) is 0 Å². The van der Waals surface area contributed by atoms with Gasteiger partial charge in [0.1, 0.15) is 5.76 Å². The third kappa shape index (κ3) is 1.11. The van der Waals surface area contributed by atoms with Gasteiger partial charge in [-0.1, -0.05) is 0 Å². The topological polar surface area (TPSA) is 26.0 Å². The van der Waals surface area contributed by atoms with Gasteiger partial charge in [0.2, 0.25) is 0 Å². The Hall–Kier alpha value is -1.57. The van der Waals surface area contributed by atoms with E-state index in [0.29, 0.717) is 0 Å². The van der Waals surface area contributed by atoms with Crippen molar-refractivity contribution in [1.82, 2.24) is 4.98 Å². The number of hydrogen-bond acceptors (Lipinski definition) is 2. The van der Waals surface area contributed by atoms with Gasteiger partial charge in [-0.15, -0.1) is 0 Å². The van der Waals surface area contributed by atoms with Crippen molar-refractivity contribution in [3.63, 3.8) is 0 Å². The van der Waals surface area contributed by atoms with E-state index in [9.17, 15) is 0 Å². The van der Waals surface area contributed by atoms with Crippen molar-refractivity contribution in [2.75, 3.05) is 0 Å². The summed E-state index contributed by atoms with van der Waals surface area (Å²) < 4.78 is 5.27. The van der Waals surface area contributed by atoms with Crippen LogP contribution in [0.1, 0.15) is 5.56 Å². The fourth-order valence-electron chi connectivity index (χ4n) is 1.18. The van der Waals surface area contributed by atoms with Crippen LogP contribution in [-0.4, -0.2) is 4.98 Å². The number of aromatic nitrogens is 1. The minimum absolute atomic E-state index is 0.898. The van der Waals surface area contributed by atoms with Gasteiger partial charge in [-0.25, -0.2) is 0 Å². The first-order valence-electron chi connectivity index (χ1n) is 3.82. The van der Waals surface area contributed by atoms with Crippen molar-refractivity contribution in [2.45, 2.75) is 6.92 Å². The Balaban J connectivity index is 2.55. The zero-order valence-corrected chi connectivity index (χ0v) is 6.82. The van der Waals surface area contributed by atoms with Crippen molar-refractivity contribution < 1.29 is 4.42 Å². The van der Waals surface area contributed by atoms with E-state index in [2.05, 4.69) is 4.98 Å². The molecule has 60 valence electrons. The molecule has 0 amide bonds. The van der Waals surface area contributed by atoms with Crippen molar-refractivity contribution in [3.05, 3.63) is 42.4 Å². The molecule has 2 nitrogen and oxygen atoms in total. The van der Waals surface area contributed by atoms with Crippen molar-refractivity contribution in [3.8, 4) is 11.3 Å². The van der Waals surface area contributed by atoms with Gasteiger partial charge in [0, 0.05) is 18.0 Å². The summed E-state index contributed by atoms with van der Waals surface area (Å²) in [7, 11) is 0. The molecule has 0 N–H and O–H groups in total. The first-order valence-corrected chi connectivity index (χ1v) is 3.82. The molecule has 2 rings (SSSR count). The first kappa shape index (κ1) is 7.10. The number of hydrogen-bond donors (Lipinski definition) is 0. The maximum atomic E-state index is 5.27. The van der Waals surface area contributed by atoms with E-state index in [-0.39, 0.29) is 0 Å². The van der Waals surface area contributed by atoms with Gasteiger partial charge in [-0.3, -0.25) is 4.98 Å². The molecule has 0 bridgehead atoms. The molecule has 0 unspecified atom stereocenters. The zero-order chi connectivity index (χ0) is 8.39. The Morgan fingerprint density at radius 3 is 2.92 bits per heavy atom. The molecule has 0 saturated heterocycles. The summed E-state index contributed by atoms with van der Waals surface area (Å²) in [4.78, 5) is 4.01. The monoisotopic (exact) mass is 159 g/mol. The van der Waals surface area contributed by atoms with Crippen LogP contribution in [0.2, 0.25) is 0 Å². The summed E-state index contributed by atoms with van der Waals surface area (Å²) >= 11 is 0. The van der Waals surface area contributed by atoms with Crippen LogP contribution >= 0.6 is 0 Å². The fraction of sp³-hybridized carbons (Fsp3) is 0.100. The van der Waals surface area contributed by atoms with Crippen LogP contribution in [0.3, 0.4) is 0 Å². The fourth-order valence-corrected chi connectivity index (χ4v) is 1.18. The second kappa shape index (κ2) is 2.81. The molecule has 0 saturated carbocycles. The largest absolute Gasteiger partial charge is 0.464 e. The molecule has 2 aromatic rings. The molecule has 0 aliphatic carbocycles. The number of nitrogens with zero attached hydrogens (tertiary/aromatic N) is 1. The van der Waals surface area contributed by atoms with Gasteiger partial charge in [0.25, 0.3) is 0 Å². The minimum atomic E-state index is 0.898. The summed E-state index contributed by atoms with van der Waals surface area (Å²) in [6, 6.07) is 5.78. The lowest BCUT2D eigenvalue weighted by Crippen LogP contribution is -1.81. The van der Waals surface area contributed by atoms with Gasteiger partial charge < -0.3 is 4.42 Å². The predicted octanol–water partition coefficient (Wildman–Crippen LogP) is 2.65. The second-order valence-corrected chi connectivity index (χ2v) is 2.67. The molecule has 0 spiro atoms. The van der Waals surface area contributed by atoms with E-state index in [1.807, 2.05) is 31.3 Å². The van der Waals surface area contributed by atoms with Gasteiger partial charge in [-0.05, 0) is 30.7 Å².